The molecule has 0 aromatic heterocycles. The average Bonchev–Trinajstić information content (AvgIpc) is 2.88. The Labute approximate surface area is 138 Å². The van der Waals surface area contributed by atoms with Crippen LogP contribution in [-0.2, 0) is 11.2 Å². The maximum atomic E-state index is 13.4. The smallest absolute Gasteiger partial charge is 0.275 e. The normalized spacial score (nSPS) is 14.6. The van der Waals surface area contributed by atoms with Gasteiger partial charge in [0.15, 0.2) is 5.78 Å². The fourth-order valence-electron chi connectivity index (χ4n) is 2.56. The number of nitrogens with one attached hydrogen (secondary N) is 1. The summed E-state index contributed by atoms with van der Waals surface area (Å²) in [5.41, 5.74) is 3.84. The fourth-order valence-corrected chi connectivity index (χ4v) is 2.56. The number of ketones is 1. The molecule has 0 aliphatic heterocycles. The second-order valence-electron chi connectivity index (χ2n) is 5.23. The monoisotopic (exact) mass is 326 g/mol. The maximum absolute atomic E-state index is 13.4. The van der Waals surface area contributed by atoms with Gasteiger partial charge in [0.25, 0.3) is 5.91 Å². The number of carbonyl (C=O) groups is 2. The van der Waals surface area contributed by atoms with Gasteiger partial charge in [0.1, 0.15) is 17.3 Å². The van der Waals surface area contributed by atoms with Crippen LogP contribution in [0.3, 0.4) is 0 Å². The van der Waals surface area contributed by atoms with Crippen LogP contribution in [0.4, 0.5) is 4.39 Å². The summed E-state index contributed by atoms with van der Waals surface area (Å²) in [5, 5.41) is 3.91. The minimum Gasteiger partial charge on any atom is -0.493 e. The highest BCUT2D eigenvalue weighted by Gasteiger charge is 2.27. The number of rotatable bonds is 4. The molecule has 2 aromatic rings. The number of fused-ring (bicyclic) bond motifs is 1. The molecule has 0 unspecified atom stereocenters. The van der Waals surface area contributed by atoms with Crippen molar-refractivity contribution >= 4 is 17.4 Å². The lowest BCUT2D eigenvalue weighted by Gasteiger charge is -2.08. The lowest BCUT2D eigenvalue weighted by molar-refractivity contribution is -0.112. The highest BCUT2D eigenvalue weighted by molar-refractivity contribution is 6.49. The molecule has 24 heavy (non-hydrogen) atoms. The van der Waals surface area contributed by atoms with Gasteiger partial charge < -0.3 is 4.74 Å². The standard InChI is InChI=1S/C18H15FN2O3/c1-2-24-16-6-4-3-5-13(16)18(23)21-20-17-14-10-12(19)8-7-11(14)9-15(17)22/h3-8,10H,2,9H2,1H3,(H,21,23)/b20-17+. The van der Waals surface area contributed by atoms with Crippen molar-refractivity contribution in [2.75, 3.05) is 6.61 Å². The number of halogens is 1. The number of hydrogen-bond acceptors (Lipinski definition) is 4. The van der Waals surface area contributed by atoms with Crippen molar-refractivity contribution in [3.8, 4) is 5.75 Å². The number of hydrogen-bond donors (Lipinski definition) is 1. The van der Waals surface area contributed by atoms with Crippen molar-refractivity contribution < 1.29 is 18.7 Å². The highest BCUT2D eigenvalue weighted by Crippen LogP contribution is 2.21. The van der Waals surface area contributed by atoms with Crippen LogP contribution in [-0.4, -0.2) is 24.0 Å². The van der Waals surface area contributed by atoms with E-state index in [2.05, 4.69) is 10.5 Å². The van der Waals surface area contributed by atoms with Gasteiger partial charge in [-0.25, -0.2) is 9.82 Å². The van der Waals surface area contributed by atoms with E-state index in [1.807, 2.05) is 6.92 Å². The molecule has 0 saturated carbocycles. The molecule has 0 saturated heterocycles. The first-order chi connectivity index (χ1) is 11.6. The second kappa shape index (κ2) is 6.62. The molecule has 0 bridgehead atoms. The van der Waals surface area contributed by atoms with E-state index in [9.17, 15) is 14.0 Å². The van der Waals surface area contributed by atoms with Crippen molar-refractivity contribution in [3.63, 3.8) is 0 Å². The van der Waals surface area contributed by atoms with Crippen LogP contribution in [0.1, 0.15) is 28.4 Å². The van der Waals surface area contributed by atoms with Gasteiger partial charge >= 0.3 is 0 Å². The summed E-state index contributed by atoms with van der Waals surface area (Å²) in [5.74, 6) is -0.774. The minimum atomic E-state index is -0.496. The SMILES string of the molecule is CCOc1ccccc1C(=O)N/N=C1/C(=O)Cc2ccc(F)cc21. The Morgan fingerprint density at radius 1 is 1.29 bits per heavy atom. The first kappa shape index (κ1) is 15.9. The number of benzene rings is 2. The van der Waals surface area contributed by atoms with Crippen LogP contribution in [0, 0.1) is 5.82 Å². The van der Waals surface area contributed by atoms with Gasteiger partial charge in [-0.2, -0.15) is 5.10 Å². The molecule has 1 N–H and O–H groups in total. The molecule has 0 spiro atoms. The van der Waals surface area contributed by atoms with E-state index in [0.29, 0.717) is 29.0 Å². The van der Waals surface area contributed by atoms with E-state index in [0.717, 1.165) is 0 Å². The number of hydrazone groups is 1. The average molecular weight is 326 g/mol. The molecule has 1 aliphatic rings. The van der Waals surface area contributed by atoms with Gasteiger partial charge in [-0.1, -0.05) is 18.2 Å². The summed E-state index contributed by atoms with van der Waals surface area (Å²) in [7, 11) is 0. The summed E-state index contributed by atoms with van der Waals surface area (Å²) >= 11 is 0. The molecular weight excluding hydrogens is 311 g/mol. The number of carbonyl (C=O) groups excluding carboxylic acids is 2. The Kier molecular flexibility index (Phi) is 4.37. The molecular formula is C18H15FN2O3. The molecule has 1 aliphatic carbocycles. The van der Waals surface area contributed by atoms with E-state index >= 15 is 0 Å². The van der Waals surface area contributed by atoms with Crippen LogP contribution < -0.4 is 10.2 Å². The molecule has 6 heteroatoms. The van der Waals surface area contributed by atoms with Gasteiger partial charge in [-0.3, -0.25) is 9.59 Å². The van der Waals surface area contributed by atoms with E-state index < -0.39 is 11.7 Å². The summed E-state index contributed by atoms with van der Waals surface area (Å²) in [6.45, 7) is 2.24. The molecule has 3 rings (SSSR count). The van der Waals surface area contributed by atoms with Crippen LogP contribution in [0.15, 0.2) is 47.6 Å². The van der Waals surface area contributed by atoms with Gasteiger partial charge in [0, 0.05) is 12.0 Å². The number of nitrogens with zero attached hydrogens (tertiary/aromatic N) is 1. The van der Waals surface area contributed by atoms with Gasteiger partial charge in [0.05, 0.1) is 12.2 Å². The molecule has 0 atom stereocenters. The molecule has 0 radical (unpaired) electrons. The molecule has 0 heterocycles. The van der Waals surface area contributed by atoms with Crippen LogP contribution in [0.5, 0.6) is 5.75 Å². The Morgan fingerprint density at radius 2 is 2.08 bits per heavy atom. The quantitative estimate of drug-likeness (QED) is 0.878. The van der Waals surface area contributed by atoms with Crippen molar-refractivity contribution in [2.45, 2.75) is 13.3 Å². The Bertz CT molecular complexity index is 846. The zero-order valence-corrected chi connectivity index (χ0v) is 13.0. The Morgan fingerprint density at radius 3 is 2.88 bits per heavy atom. The number of amides is 1. The van der Waals surface area contributed by atoms with Crippen LogP contribution in [0.2, 0.25) is 0 Å². The molecule has 2 aromatic carbocycles. The second-order valence-corrected chi connectivity index (χ2v) is 5.23. The largest absolute Gasteiger partial charge is 0.493 e. The first-order valence-corrected chi connectivity index (χ1v) is 7.52. The molecule has 0 fully saturated rings. The van der Waals surface area contributed by atoms with Crippen molar-refractivity contribution in [1.82, 2.24) is 5.43 Å². The van der Waals surface area contributed by atoms with E-state index in [-0.39, 0.29) is 17.9 Å². The van der Waals surface area contributed by atoms with Gasteiger partial charge in [-0.05, 0) is 36.8 Å². The van der Waals surface area contributed by atoms with E-state index in [4.69, 9.17) is 4.74 Å². The Hall–Kier alpha value is -3.02. The number of para-hydroxylation sites is 1. The van der Waals surface area contributed by atoms with Crippen molar-refractivity contribution in [1.29, 1.82) is 0 Å². The highest BCUT2D eigenvalue weighted by atomic mass is 19.1. The van der Waals surface area contributed by atoms with E-state index in [1.54, 1.807) is 30.3 Å². The zero-order valence-electron chi connectivity index (χ0n) is 13.0. The van der Waals surface area contributed by atoms with E-state index in [1.165, 1.54) is 12.1 Å². The number of Topliss-reactive ketones (excluding diaryl/α,β-unsaturated/α-hetero) is 1. The third-order valence-corrected chi connectivity index (χ3v) is 3.64. The molecule has 1 amide bonds. The molecule has 122 valence electrons. The summed E-state index contributed by atoms with van der Waals surface area (Å²) in [6.07, 6.45) is 0.153. The van der Waals surface area contributed by atoms with Crippen molar-refractivity contribution in [2.24, 2.45) is 5.10 Å². The predicted molar refractivity (Wildman–Crippen MR) is 86.7 cm³/mol. The topological polar surface area (TPSA) is 67.8 Å². The maximum Gasteiger partial charge on any atom is 0.275 e. The molecule has 5 nitrogen and oxygen atoms in total. The fraction of sp³-hybridized carbons (Fsp3) is 0.167. The van der Waals surface area contributed by atoms with Crippen LogP contribution >= 0.6 is 0 Å². The third kappa shape index (κ3) is 3.03. The third-order valence-electron chi connectivity index (χ3n) is 3.64. The predicted octanol–water partition coefficient (Wildman–Crippen LogP) is 2.48. The van der Waals surface area contributed by atoms with Crippen molar-refractivity contribution in [3.05, 3.63) is 65.0 Å². The zero-order chi connectivity index (χ0) is 17.1. The summed E-state index contributed by atoms with van der Waals surface area (Å²) < 4.78 is 18.8. The first-order valence-electron chi connectivity index (χ1n) is 7.52. The number of ether oxygens (including phenoxy) is 1. The minimum absolute atomic E-state index is 0.0618. The van der Waals surface area contributed by atoms with Gasteiger partial charge in [-0.15, -0.1) is 0 Å². The lowest BCUT2D eigenvalue weighted by atomic mass is 10.1. The summed E-state index contributed by atoms with van der Waals surface area (Å²) in [6, 6.07) is 10.8. The van der Waals surface area contributed by atoms with Crippen LogP contribution in [0.25, 0.3) is 0 Å². The van der Waals surface area contributed by atoms with Gasteiger partial charge in [0.2, 0.25) is 0 Å². The summed E-state index contributed by atoms with van der Waals surface area (Å²) in [4.78, 5) is 24.3. The lowest BCUT2D eigenvalue weighted by Crippen LogP contribution is -2.22. The Balaban J connectivity index is 1.85.